The molecule has 1 aromatic carbocycles. The number of rotatable bonds is 3. The van der Waals surface area contributed by atoms with Gasteiger partial charge in [-0.05, 0) is 43.7 Å². The van der Waals surface area contributed by atoms with Crippen molar-refractivity contribution in [2.75, 3.05) is 5.32 Å². The van der Waals surface area contributed by atoms with Crippen molar-refractivity contribution in [3.8, 4) is 16.9 Å². The lowest BCUT2D eigenvalue weighted by Crippen LogP contribution is -2.12. The number of carbonyl (C=O) groups is 1. The molecule has 10 heteroatoms. The van der Waals surface area contributed by atoms with E-state index in [0.717, 1.165) is 5.69 Å². The summed E-state index contributed by atoms with van der Waals surface area (Å²) in [5.74, 6) is 0.286. The van der Waals surface area contributed by atoms with E-state index in [0.29, 0.717) is 39.8 Å². The van der Waals surface area contributed by atoms with Crippen LogP contribution in [0.1, 0.15) is 33.1 Å². The minimum atomic E-state index is -4.57. The number of alkyl halides is 3. The van der Waals surface area contributed by atoms with Crippen molar-refractivity contribution in [1.82, 2.24) is 14.8 Å². The second kappa shape index (κ2) is 7.09. The first-order chi connectivity index (χ1) is 14.8. The molecular weight excluding hydrogens is 429 g/mol. The number of aryl methyl sites for hydroxylation is 2. The molecule has 31 heavy (non-hydrogen) atoms. The van der Waals surface area contributed by atoms with Gasteiger partial charge in [-0.15, -0.1) is 11.3 Å². The maximum absolute atomic E-state index is 13.6. The molecule has 0 saturated carbocycles. The average Bonchev–Trinajstić information content (AvgIpc) is 3.44. The Morgan fingerprint density at radius 2 is 1.97 bits per heavy atom. The van der Waals surface area contributed by atoms with Crippen LogP contribution in [0.15, 0.2) is 46.4 Å². The molecule has 0 radical (unpaired) electrons. The Morgan fingerprint density at radius 1 is 1.19 bits per heavy atom. The summed E-state index contributed by atoms with van der Waals surface area (Å²) < 4.78 is 47.6. The summed E-state index contributed by atoms with van der Waals surface area (Å²) in [6.07, 6.45) is -2.52. The molecule has 0 aliphatic heterocycles. The number of nitrogens with zero attached hydrogens (tertiary/aromatic N) is 3. The van der Waals surface area contributed by atoms with E-state index in [9.17, 15) is 18.0 Å². The molecule has 0 unspecified atom stereocenters. The molecule has 0 atom stereocenters. The molecule has 0 fully saturated rings. The first-order valence-electron chi connectivity index (χ1n) is 9.41. The SMILES string of the molecule is Cc1csc(NC(=O)c2ccc(-n3nc(C(F)(F)F)c4c3-c3ccoc3CC4)cc2)n1. The minimum Gasteiger partial charge on any atom is -0.469 e. The normalized spacial score (nSPS) is 13.0. The number of fused-ring (bicyclic) bond motifs is 3. The summed E-state index contributed by atoms with van der Waals surface area (Å²) in [5.41, 5.74) is 1.82. The third-order valence-electron chi connectivity index (χ3n) is 5.07. The second-order valence-electron chi connectivity index (χ2n) is 7.14. The third kappa shape index (κ3) is 3.42. The molecule has 1 amide bonds. The molecule has 0 saturated heterocycles. The monoisotopic (exact) mass is 444 g/mol. The quantitative estimate of drug-likeness (QED) is 0.467. The van der Waals surface area contributed by atoms with Crippen LogP contribution in [0.3, 0.4) is 0 Å². The van der Waals surface area contributed by atoms with Crippen LogP contribution in [0.25, 0.3) is 16.9 Å². The summed E-state index contributed by atoms with van der Waals surface area (Å²) in [7, 11) is 0. The molecule has 4 aromatic rings. The molecule has 0 bridgehead atoms. The third-order valence-corrected chi connectivity index (χ3v) is 5.94. The number of hydrogen-bond acceptors (Lipinski definition) is 5. The van der Waals surface area contributed by atoms with Gasteiger partial charge in [0.1, 0.15) is 5.76 Å². The van der Waals surface area contributed by atoms with Gasteiger partial charge in [-0.1, -0.05) is 0 Å². The van der Waals surface area contributed by atoms with Crippen molar-refractivity contribution in [3.63, 3.8) is 0 Å². The zero-order chi connectivity index (χ0) is 21.8. The summed E-state index contributed by atoms with van der Waals surface area (Å²) in [6, 6.07) is 7.90. The molecule has 1 N–H and O–H groups in total. The Balaban J connectivity index is 1.52. The van der Waals surface area contributed by atoms with Gasteiger partial charge in [-0.2, -0.15) is 18.3 Å². The van der Waals surface area contributed by atoms with Crippen LogP contribution in [0, 0.1) is 6.92 Å². The molecule has 158 valence electrons. The highest BCUT2D eigenvalue weighted by Crippen LogP contribution is 2.42. The number of benzene rings is 1. The van der Waals surface area contributed by atoms with E-state index in [1.807, 2.05) is 12.3 Å². The van der Waals surface area contributed by atoms with Crippen LogP contribution in [0.2, 0.25) is 0 Å². The number of halogens is 3. The van der Waals surface area contributed by atoms with Crippen molar-refractivity contribution < 1.29 is 22.4 Å². The second-order valence-corrected chi connectivity index (χ2v) is 8.00. The first kappa shape index (κ1) is 19.6. The summed E-state index contributed by atoms with van der Waals surface area (Å²) in [4.78, 5) is 16.6. The predicted octanol–water partition coefficient (Wildman–Crippen LogP) is 5.27. The maximum Gasteiger partial charge on any atom is 0.435 e. The zero-order valence-corrected chi connectivity index (χ0v) is 17.0. The highest BCUT2D eigenvalue weighted by molar-refractivity contribution is 7.13. The smallest absolute Gasteiger partial charge is 0.435 e. The Bertz CT molecular complexity index is 1280. The molecule has 0 spiro atoms. The van der Waals surface area contributed by atoms with E-state index in [1.165, 1.54) is 22.3 Å². The van der Waals surface area contributed by atoms with Crippen molar-refractivity contribution in [3.05, 3.63) is 70.3 Å². The fourth-order valence-corrected chi connectivity index (χ4v) is 4.38. The van der Waals surface area contributed by atoms with Crippen LogP contribution in [-0.2, 0) is 19.0 Å². The number of thiazole rings is 1. The Morgan fingerprint density at radius 3 is 2.65 bits per heavy atom. The number of nitrogens with one attached hydrogen (secondary N) is 1. The zero-order valence-electron chi connectivity index (χ0n) is 16.2. The highest BCUT2D eigenvalue weighted by Gasteiger charge is 2.41. The lowest BCUT2D eigenvalue weighted by atomic mass is 9.94. The van der Waals surface area contributed by atoms with Crippen LogP contribution >= 0.6 is 11.3 Å². The fraction of sp³-hybridized carbons (Fsp3) is 0.190. The van der Waals surface area contributed by atoms with E-state index in [2.05, 4.69) is 15.4 Å². The van der Waals surface area contributed by atoms with Crippen LogP contribution < -0.4 is 5.32 Å². The summed E-state index contributed by atoms with van der Waals surface area (Å²) in [6.45, 7) is 1.83. The first-order valence-corrected chi connectivity index (χ1v) is 10.3. The van der Waals surface area contributed by atoms with Crippen molar-refractivity contribution in [2.24, 2.45) is 0 Å². The number of anilines is 1. The van der Waals surface area contributed by atoms with Gasteiger partial charge in [-0.25, -0.2) is 9.67 Å². The lowest BCUT2D eigenvalue weighted by Gasteiger charge is -2.15. The van der Waals surface area contributed by atoms with Gasteiger partial charge in [0.05, 0.1) is 23.3 Å². The topological polar surface area (TPSA) is 73.0 Å². The Kier molecular flexibility index (Phi) is 4.47. The minimum absolute atomic E-state index is 0.155. The van der Waals surface area contributed by atoms with E-state index in [1.54, 1.807) is 30.3 Å². The molecule has 1 aliphatic carbocycles. The number of carbonyl (C=O) groups excluding carboxylic acids is 1. The lowest BCUT2D eigenvalue weighted by molar-refractivity contribution is -0.142. The molecule has 1 aliphatic rings. The number of aromatic nitrogens is 3. The highest BCUT2D eigenvalue weighted by atomic mass is 32.1. The van der Waals surface area contributed by atoms with Gasteiger partial charge in [0.25, 0.3) is 5.91 Å². The molecule has 3 aromatic heterocycles. The molecular formula is C21H15F3N4O2S. The van der Waals surface area contributed by atoms with Gasteiger partial charge in [0.2, 0.25) is 0 Å². The van der Waals surface area contributed by atoms with Gasteiger partial charge in [-0.3, -0.25) is 10.1 Å². The standard InChI is InChI=1S/C21H15F3N4O2S/c1-11-10-31-20(25-11)26-19(29)12-2-4-13(5-3-12)28-17-14-8-9-30-16(14)7-6-15(17)18(27-28)21(22,23)24/h2-5,8-10H,6-7H2,1H3,(H,25,26,29). The summed E-state index contributed by atoms with van der Waals surface area (Å²) >= 11 is 1.31. The van der Waals surface area contributed by atoms with Crippen LogP contribution in [0.4, 0.5) is 18.3 Å². The van der Waals surface area contributed by atoms with E-state index in [4.69, 9.17) is 4.42 Å². The number of amides is 1. The fourth-order valence-electron chi connectivity index (χ4n) is 3.70. The van der Waals surface area contributed by atoms with Crippen molar-refractivity contribution in [1.29, 1.82) is 0 Å². The average molecular weight is 444 g/mol. The molecule has 3 heterocycles. The van der Waals surface area contributed by atoms with Crippen molar-refractivity contribution >= 4 is 22.4 Å². The maximum atomic E-state index is 13.6. The van der Waals surface area contributed by atoms with Crippen LogP contribution in [-0.4, -0.2) is 20.7 Å². The van der Waals surface area contributed by atoms with Gasteiger partial charge in [0.15, 0.2) is 10.8 Å². The summed E-state index contributed by atoms with van der Waals surface area (Å²) in [5, 5.41) is 8.91. The Hall–Kier alpha value is -3.40. The van der Waals surface area contributed by atoms with E-state index >= 15 is 0 Å². The van der Waals surface area contributed by atoms with Gasteiger partial charge < -0.3 is 4.42 Å². The molecule has 6 nitrogen and oxygen atoms in total. The van der Waals surface area contributed by atoms with Crippen molar-refractivity contribution in [2.45, 2.75) is 25.9 Å². The Labute approximate surface area is 178 Å². The van der Waals surface area contributed by atoms with Gasteiger partial charge in [0, 0.05) is 28.5 Å². The largest absolute Gasteiger partial charge is 0.469 e. The van der Waals surface area contributed by atoms with E-state index in [-0.39, 0.29) is 17.9 Å². The van der Waals surface area contributed by atoms with Gasteiger partial charge >= 0.3 is 6.18 Å². The number of hydrogen-bond donors (Lipinski definition) is 1. The van der Waals surface area contributed by atoms with Crippen LogP contribution in [0.5, 0.6) is 0 Å². The predicted molar refractivity (Wildman–Crippen MR) is 108 cm³/mol. The van der Waals surface area contributed by atoms with E-state index < -0.39 is 11.9 Å². The molecule has 5 rings (SSSR count). The number of furan rings is 1.